The van der Waals surface area contributed by atoms with Gasteiger partial charge in [-0.2, -0.15) is 0 Å². The van der Waals surface area contributed by atoms with E-state index in [9.17, 15) is 14.0 Å². The number of halogens is 1. The number of amides is 1. The van der Waals surface area contributed by atoms with Crippen LogP contribution in [0.4, 0.5) is 10.1 Å². The SMILES string of the molecule is COc1ccc(C(=O)C(CC[C@H](O[Si](C)(C)C(C)(C)C)c2ccc(F)cc2)CC(=O)Nc2ccccc2)c(OCc2ccccc2)c1. The number of carbonyl (C=O) groups excluding carboxylic acids is 2. The van der Waals surface area contributed by atoms with Crippen molar-refractivity contribution in [1.82, 2.24) is 0 Å². The molecule has 0 aliphatic heterocycles. The van der Waals surface area contributed by atoms with Crippen molar-refractivity contribution in [3.05, 3.63) is 126 Å². The first kappa shape index (κ1) is 35.6. The van der Waals surface area contributed by atoms with E-state index >= 15 is 0 Å². The highest BCUT2D eigenvalue weighted by Gasteiger charge is 2.40. The van der Waals surface area contributed by atoms with Crippen LogP contribution in [0, 0.1) is 11.7 Å². The molecule has 0 fully saturated rings. The number of ketones is 1. The molecule has 0 heterocycles. The van der Waals surface area contributed by atoms with Gasteiger partial charge < -0.3 is 19.2 Å². The maximum absolute atomic E-state index is 14.4. The third kappa shape index (κ3) is 10.1. The molecule has 0 radical (unpaired) electrons. The van der Waals surface area contributed by atoms with Crippen LogP contribution >= 0.6 is 0 Å². The molecule has 1 N–H and O–H groups in total. The Balaban J connectivity index is 1.65. The second-order valence-electron chi connectivity index (χ2n) is 13.3. The zero-order valence-corrected chi connectivity index (χ0v) is 29.2. The van der Waals surface area contributed by atoms with E-state index in [-0.39, 0.29) is 41.7 Å². The van der Waals surface area contributed by atoms with Gasteiger partial charge in [0.2, 0.25) is 5.91 Å². The van der Waals surface area contributed by atoms with Crippen LogP contribution in [-0.2, 0) is 15.8 Å². The minimum atomic E-state index is -2.26. The fourth-order valence-electron chi connectivity index (χ4n) is 5.05. The summed E-state index contributed by atoms with van der Waals surface area (Å²) in [6.45, 7) is 11.1. The number of hydrogen-bond donors (Lipinski definition) is 1. The van der Waals surface area contributed by atoms with Crippen molar-refractivity contribution in [2.45, 2.75) is 70.9 Å². The molecule has 1 amide bonds. The fourth-order valence-corrected chi connectivity index (χ4v) is 6.37. The summed E-state index contributed by atoms with van der Waals surface area (Å²) < 4.78 is 32.4. The Morgan fingerprint density at radius 2 is 1.49 bits per heavy atom. The first-order valence-corrected chi connectivity index (χ1v) is 18.9. The topological polar surface area (TPSA) is 73.9 Å². The lowest BCUT2D eigenvalue weighted by molar-refractivity contribution is -0.116. The molecule has 8 heteroatoms. The molecule has 0 aliphatic rings. The number of benzene rings is 4. The summed E-state index contributed by atoms with van der Waals surface area (Å²) in [5.41, 5.74) is 2.83. The molecule has 4 aromatic carbocycles. The van der Waals surface area contributed by atoms with E-state index < -0.39 is 14.2 Å². The highest BCUT2D eigenvalue weighted by molar-refractivity contribution is 6.74. The summed E-state index contributed by atoms with van der Waals surface area (Å²) in [4.78, 5) is 27.8. The lowest BCUT2D eigenvalue weighted by Gasteiger charge is -2.39. The van der Waals surface area contributed by atoms with Crippen molar-refractivity contribution in [3.8, 4) is 11.5 Å². The largest absolute Gasteiger partial charge is 0.497 e. The molecule has 0 spiro atoms. The minimum absolute atomic E-state index is 0.0336. The number of Topliss-reactive ketones (excluding diaryl/α,β-unsaturated/α-hetero) is 1. The van der Waals surface area contributed by atoms with Gasteiger partial charge >= 0.3 is 0 Å². The van der Waals surface area contributed by atoms with Gasteiger partial charge in [-0.3, -0.25) is 9.59 Å². The van der Waals surface area contributed by atoms with Gasteiger partial charge in [-0.25, -0.2) is 4.39 Å². The lowest BCUT2D eigenvalue weighted by atomic mass is 9.87. The Morgan fingerprint density at radius 1 is 0.851 bits per heavy atom. The first-order chi connectivity index (χ1) is 22.4. The molecule has 4 aromatic rings. The van der Waals surface area contributed by atoms with Crippen LogP contribution in [0.1, 0.15) is 67.6 Å². The second-order valence-corrected chi connectivity index (χ2v) is 18.1. The van der Waals surface area contributed by atoms with Crippen molar-refractivity contribution in [2.75, 3.05) is 12.4 Å². The normalized spacial score (nSPS) is 13.0. The number of carbonyl (C=O) groups is 2. The van der Waals surface area contributed by atoms with E-state index in [4.69, 9.17) is 13.9 Å². The number of ether oxygens (including phenoxy) is 2. The molecule has 0 aromatic heterocycles. The molecule has 2 atom stereocenters. The summed E-state index contributed by atoms with van der Waals surface area (Å²) in [5, 5.41) is 2.87. The molecule has 1 unspecified atom stereocenters. The van der Waals surface area contributed by atoms with Crippen molar-refractivity contribution >= 4 is 25.7 Å². The Labute approximate surface area is 279 Å². The van der Waals surface area contributed by atoms with Gasteiger partial charge in [-0.05, 0) is 78.5 Å². The van der Waals surface area contributed by atoms with E-state index in [0.717, 1.165) is 11.1 Å². The van der Waals surface area contributed by atoms with Gasteiger partial charge in [0.1, 0.15) is 23.9 Å². The Kier molecular flexibility index (Phi) is 12.1. The average Bonchev–Trinajstić information content (AvgIpc) is 3.05. The van der Waals surface area contributed by atoms with Crippen molar-refractivity contribution in [2.24, 2.45) is 5.92 Å². The smallest absolute Gasteiger partial charge is 0.225 e. The summed E-state index contributed by atoms with van der Waals surface area (Å²) in [7, 11) is -0.703. The highest BCUT2D eigenvalue weighted by atomic mass is 28.4. The quantitative estimate of drug-likeness (QED) is 0.102. The molecule has 0 aliphatic carbocycles. The lowest BCUT2D eigenvalue weighted by Crippen LogP contribution is -2.42. The predicted molar refractivity (Wildman–Crippen MR) is 188 cm³/mol. The minimum Gasteiger partial charge on any atom is -0.497 e. The number of nitrogens with one attached hydrogen (secondary N) is 1. The van der Waals surface area contributed by atoms with Crippen LogP contribution in [-0.4, -0.2) is 27.1 Å². The maximum Gasteiger partial charge on any atom is 0.225 e. The summed E-state index contributed by atoms with van der Waals surface area (Å²) in [5.74, 6) is -0.533. The number of methoxy groups -OCH3 is 1. The molecule has 47 heavy (non-hydrogen) atoms. The van der Waals surface area contributed by atoms with Gasteiger partial charge in [0.15, 0.2) is 14.1 Å². The molecule has 0 saturated heterocycles. The maximum atomic E-state index is 14.4. The van der Waals surface area contributed by atoms with Crippen LogP contribution < -0.4 is 14.8 Å². The Bertz CT molecular complexity index is 1600. The van der Waals surface area contributed by atoms with E-state index in [1.807, 2.05) is 60.7 Å². The van der Waals surface area contributed by atoms with E-state index in [1.165, 1.54) is 12.1 Å². The molecular formula is C39H46FNO5Si. The number of rotatable bonds is 15. The Morgan fingerprint density at radius 3 is 2.11 bits per heavy atom. The molecule has 0 bridgehead atoms. The van der Waals surface area contributed by atoms with Crippen LogP contribution in [0.5, 0.6) is 11.5 Å². The third-order valence-corrected chi connectivity index (χ3v) is 13.3. The van der Waals surface area contributed by atoms with Crippen molar-refractivity contribution in [3.63, 3.8) is 0 Å². The van der Waals surface area contributed by atoms with E-state index in [0.29, 0.717) is 35.6 Å². The van der Waals surface area contributed by atoms with Gasteiger partial charge in [0, 0.05) is 24.1 Å². The van der Waals surface area contributed by atoms with Crippen LogP contribution in [0.2, 0.25) is 18.1 Å². The standard InChI is InChI=1S/C39H46FNO5Si/c1-39(2,3)47(5,6)46-35(29-17-20-31(40)21-18-29)24-19-30(25-37(42)41-32-15-11-8-12-16-32)38(43)34-23-22-33(44-4)26-36(34)45-27-28-13-9-7-10-14-28/h7-18,20-23,26,30,35H,19,24-25,27H2,1-6H3,(H,41,42)/t30?,35-/m0/s1. The molecule has 6 nitrogen and oxygen atoms in total. The third-order valence-electron chi connectivity index (χ3n) is 8.81. The van der Waals surface area contributed by atoms with Gasteiger partial charge in [0.25, 0.3) is 0 Å². The predicted octanol–water partition coefficient (Wildman–Crippen LogP) is 9.78. The zero-order valence-electron chi connectivity index (χ0n) is 28.2. The summed E-state index contributed by atoms with van der Waals surface area (Å²) in [6, 6.07) is 30.4. The van der Waals surface area contributed by atoms with Crippen LogP contribution in [0.15, 0.2) is 103 Å². The molecule has 248 valence electrons. The summed E-state index contributed by atoms with van der Waals surface area (Å²) >= 11 is 0. The van der Waals surface area contributed by atoms with Gasteiger partial charge in [-0.1, -0.05) is 81.4 Å². The average molecular weight is 656 g/mol. The van der Waals surface area contributed by atoms with Crippen LogP contribution in [0.3, 0.4) is 0 Å². The second kappa shape index (κ2) is 16.0. The number of anilines is 1. The molecule has 0 saturated carbocycles. The van der Waals surface area contributed by atoms with E-state index in [1.54, 1.807) is 37.4 Å². The van der Waals surface area contributed by atoms with Crippen molar-refractivity contribution < 1.29 is 27.9 Å². The first-order valence-electron chi connectivity index (χ1n) is 16.0. The van der Waals surface area contributed by atoms with Crippen LogP contribution in [0.25, 0.3) is 0 Å². The highest BCUT2D eigenvalue weighted by Crippen LogP contribution is 2.41. The Hall–Kier alpha value is -4.27. The fraction of sp³-hybridized carbons (Fsp3) is 0.333. The zero-order chi connectivity index (χ0) is 34.0. The van der Waals surface area contributed by atoms with Crippen molar-refractivity contribution in [1.29, 1.82) is 0 Å². The molecule has 4 rings (SSSR count). The van der Waals surface area contributed by atoms with Gasteiger partial charge in [-0.15, -0.1) is 0 Å². The number of para-hydroxylation sites is 1. The summed E-state index contributed by atoms with van der Waals surface area (Å²) in [6.07, 6.45) is 0.410. The van der Waals surface area contributed by atoms with E-state index in [2.05, 4.69) is 39.2 Å². The number of hydrogen-bond acceptors (Lipinski definition) is 5. The monoisotopic (exact) mass is 655 g/mol. The molecular weight excluding hydrogens is 610 g/mol. The van der Waals surface area contributed by atoms with Gasteiger partial charge in [0.05, 0.1) is 18.8 Å².